The summed E-state index contributed by atoms with van der Waals surface area (Å²) in [6, 6.07) is 19.4. The van der Waals surface area contributed by atoms with Crippen LogP contribution in [-0.4, -0.2) is 22.0 Å². The topological polar surface area (TPSA) is 92.8 Å². The van der Waals surface area contributed by atoms with Crippen molar-refractivity contribution in [3.8, 4) is 0 Å². The normalized spacial score (nSPS) is 11.5. The summed E-state index contributed by atoms with van der Waals surface area (Å²) in [6.07, 6.45) is 3.25. The van der Waals surface area contributed by atoms with Gasteiger partial charge in [0, 0.05) is 18.3 Å². The molecule has 0 saturated heterocycles. The van der Waals surface area contributed by atoms with Gasteiger partial charge in [-0.3, -0.25) is 20.5 Å². The highest BCUT2D eigenvalue weighted by Crippen LogP contribution is 2.18. The molecule has 0 bridgehead atoms. The second kappa shape index (κ2) is 8.48. The molecule has 0 amide bonds. The lowest BCUT2D eigenvalue weighted by Crippen LogP contribution is -2.20. The molecule has 3 aromatic rings. The molecule has 0 aliphatic carbocycles. The van der Waals surface area contributed by atoms with Crippen LogP contribution < -0.4 is 5.43 Å². The summed E-state index contributed by atoms with van der Waals surface area (Å²) in [4.78, 5) is 19.2. The van der Waals surface area contributed by atoms with Crippen molar-refractivity contribution in [3.05, 3.63) is 99.9 Å². The van der Waals surface area contributed by atoms with Gasteiger partial charge in [0.1, 0.15) is 5.69 Å². The van der Waals surface area contributed by atoms with Gasteiger partial charge in [-0.2, -0.15) is 5.10 Å². The number of hydrogen-bond acceptors (Lipinski definition) is 5. The first-order valence-corrected chi connectivity index (χ1v) is 8.23. The second-order valence-corrected chi connectivity index (χ2v) is 5.68. The smallest absolute Gasteiger partial charge is 0.260 e. The molecular formula is C20H17N5O2. The maximum Gasteiger partial charge on any atom is 0.269 e. The summed E-state index contributed by atoms with van der Waals surface area (Å²) in [6.45, 7) is 1.98. The Labute approximate surface area is 156 Å². The molecular weight excluding hydrogens is 342 g/mol. The van der Waals surface area contributed by atoms with Crippen molar-refractivity contribution in [2.45, 2.75) is 6.92 Å². The van der Waals surface area contributed by atoms with E-state index in [1.807, 2.05) is 49.4 Å². The van der Waals surface area contributed by atoms with Crippen molar-refractivity contribution >= 4 is 23.4 Å². The number of pyridine rings is 1. The van der Waals surface area contributed by atoms with Crippen LogP contribution in [0.2, 0.25) is 0 Å². The predicted octanol–water partition coefficient (Wildman–Crippen LogP) is 4.00. The Bertz CT molecular complexity index is 983. The first-order chi connectivity index (χ1) is 13.1. The van der Waals surface area contributed by atoms with Crippen molar-refractivity contribution in [1.29, 1.82) is 0 Å². The minimum Gasteiger partial charge on any atom is -0.260 e. The molecule has 1 heterocycles. The summed E-state index contributed by atoms with van der Waals surface area (Å²) < 4.78 is 0. The Morgan fingerprint density at radius 1 is 1.07 bits per heavy atom. The summed E-state index contributed by atoms with van der Waals surface area (Å²) in [5.41, 5.74) is 6.19. The fourth-order valence-corrected chi connectivity index (χ4v) is 2.30. The average Bonchev–Trinajstić information content (AvgIpc) is 2.70. The molecule has 0 radical (unpaired) electrons. The standard InChI is InChI=1S/C20H17N5O2/c1-15-6-2-3-7-18(15)23-20(19-8-4-5-13-21-19)24-22-14-16-9-11-17(12-10-16)25(26)27/h2-14H,1H3,(H,23,24). The van der Waals surface area contributed by atoms with E-state index >= 15 is 0 Å². The number of nitro groups is 1. The molecule has 0 spiro atoms. The lowest BCUT2D eigenvalue weighted by molar-refractivity contribution is -0.384. The van der Waals surface area contributed by atoms with Crippen LogP contribution in [0, 0.1) is 17.0 Å². The number of hydrazone groups is 1. The van der Waals surface area contributed by atoms with Crippen LogP contribution in [0.4, 0.5) is 11.4 Å². The lowest BCUT2D eigenvalue weighted by atomic mass is 10.2. The molecule has 7 heteroatoms. The van der Waals surface area contributed by atoms with Crippen molar-refractivity contribution < 1.29 is 4.92 Å². The molecule has 134 valence electrons. The third kappa shape index (κ3) is 4.82. The molecule has 2 aromatic carbocycles. The van der Waals surface area contributed by atoms with E-state index in [2.05, 4.69) is 20.5 Å². The number of non-ortho nitro benzene ring substituents is 1. The van der Waals surface area contributed by atoms with E-state index in [9.17, 15) is 10.1 Å². The van der Waals surface area contributed by atoms with Gasteiger partial charge in [-0.1, -0.05) is 24.3 Å². The molecule has 0 aliphatic rings. The zero-order valence-electron chi connectivity index (χ0n) is 14.6. The highest BCUT2D eigenvalue weighted by atomic mass is 16.6. The van der Waals surface area contributed by atoms with Gasteiger partial charge in [-0.15, -0.1) is 0 Å². The van der Waals surface area contributed by atoms with Crippen molar-refractivity contribution in [3.63, 3.8) is 0 Å². The Kier molecular flexibility index (Phi) is 5.64. The van der Waals surface area contributed by atoms with Crippen LogP contribution in [-0.2, 0) is 0 Å². The molecule has 0 saturated carbocycles. The zero-order chi connectivity index (χ0) is 19.1. The van der Waals surface area contributed by atoms with Gasteiger partial charge in [-0.25, -0.2) is 4.99 Å². The predicted molar refractivity (Wildman–Crippen MR) is 105 cm³/mol. The number of aliphatic imine (C=N–C) groups is 1. The van der Waals surface area contributed by atoms with Gasteiger partial charge in [0.2, 0.25) is 0 Å². The van der Waals surface area contributed by atoms with Crippen LogP contribution in [0.5, 0.6) is 0 Å². The van der Waals surface area contributed by atoms with E-state index in [0.717, 1.165) is 16.8 Å². The van der Waals surface area contributed by atoms with Gasteiger partial charge in [0.25, 0.3) is 5.69 Å². The largest absolute Gasteiger partial charge is 0.269 e. The first kappa shape index (κ1) is 17.9. The number of nitrogens with one attached hydrogen (secondary N) is 1. The Balaban J connectivity index is 1.84. The van der Waals surface area contributed by atoms with E-state index in [1.54, 1.807) is 24.5 Å². The SMILES string of the molecule is Cc1ccccc1N=C(NN=Cc1ccc([N+](=O)[O-])cc1)c1ccccn1. The zero-order valence-corrected chi connectivity index (χ0v) is 14.6. The highest BCUT2D eigenvalue weighted by molar-refractivity contribution is 5.99. The Morgan fingerprint density at radius 2 is 1.81 bits per heavy atom. The van der Waals surface area contributed by atoms with Gasteiger partial charge in [-0.05, 0) is 48.4 Å². The quantitative estimate of drug-likeness (QED) is 0.322. The summed E-state index contributed by atoms with van der Waals surface area (Å²) >= 11 is 0. The van der Waals surface area contributed by atoms with Crippen molar-refractivity contribution in [2.24, 2.45) is 10.1 Å². The average molecular weight is 359 g/mol. The van der Waals surface area contributed by atoms with Crippen LogP contribution in [0.1, 0.15) is 16.8 Å². The Morgan fingerprint density at radius 3 is 2.48 bits per heavy atom. The number of benzene rings is 2. The number of nitrogens with zero attached hydrogens (tertiary/aromatic N) is 4. The van der Waals surface area contributed by atoms with Gasteiger partial charge in [0.15, 0.2) is 5.84 Å². The summed E-state index contributed by atoms with van der Waals surface area (Å²) in [7, 11) is 0. The van der Waals surface area contributed by atoms with Crippen LogP contribution in [0.25, 0.3) is 0 Å². The van der Waals surface area contributed by atoms with E-state index < -0.39 is 4.92 Å². The first-order valence-electron chi connectivity index (χ1n) is 8.23. The minimum absolute atomic E-state index is 0.0374. The fourth-order valence-electron chi connectivity index (χ4n) is 2.30. The van der Waals surface area contributed by atoms with Crippen LogP contribution >= 0.6 is 0 Å². The van der Waals surface area contributed by atoms with E-state index in [1.165, 1.54) is 12.1 Å². The lowest BCUT2D eigenvalue weighted by Gasteiger charge is -2.06. The number of rotatable bonds is 5. The van der Waals surface area contributed by atoms with Crippen molar-refractivity contribution in [1.82, 2.24) is 10.4 Å². The van der Waals surface area contributed by atoms with Gasteiger partial charge in [0.05, 0.1) is 16.8 Å². The number of amidine groups is 1. The van der Waals surface area contributed by atoms with E-state index in [-0.39, 0.29) is 5.69 Å². The Hall–Kier alpha value is -3.87. The third-order valence-corrected chi connectivity index (χ3v) is 3.74. The number of aryl methyl sites for hydroxylation is 1. The van der Waals surface area contributed by atoms with Crippen LogP contribution in [0.3, 0.4) is 0 Å². The van der Waals surface area contributed by atoms with Crippen LogP contribution in [0.15, 0.2) is 83.0 Å². The monoisotopic (exact) mass is 359 g/mol. The molecule has 1 aromatic heterocycles. The number of aromatic nitrogens is 1. The van der Waals surface area contributed by atoms with Gasteiger partial charge < -0.3 is 0 Å². The van der Waals surface area contributed by atoms with E-state index in [4.69, 9.17) is 0 Å². The fraction of sp³-hybridized carbons (Fsp3) is 0.0500. The molecule has 7 nitrogen and oxygen atoms in total. The maximum atomic E-state index is 10.7. The number of nitro benzene ring substituents is 1. The van der Waals surface area contributed by atoms with Crippen molar-refractivity contribution in [2.75, 3.05) is 0 Å². The highest BCUT2D eigenvalue weighted by Gasteiger charge is 2.06. The molecule has 0 atom stereocenters. The summed E-state index contributed by atoms with van der Waals surface area (Å²) in [5, 5.41) is 14.9. The molecule has 0 unspecified atom stereocenters. The number of para-hydroxylation sites is 1. The number of hydrogen-bond donors (Lipinski definition) is 1. The third-order valence-electron chi connectivity index (χ3n) is 3.74. The molecule has 0 aliphatic heterocycles. The minimum atomic E-state index is -0.437. The van der Waals surface area contributed by atoms with E-state index in [0.29, 0.717) is 11.5 Å². The molecule has 27 heavy (non-hydrogen) atoms. The maximum absolute atomic E-state index is 10.7. The second-order valence-electron chi connectivity index (χ2n) is 5.68. The molecule has 3 rings (SSSR count). The summed E-state index contributed by atoms with van der Waals surface area (Å²) in [5.74, 6) is 0.503. The van der Waals surface area contributed by atoms with Gasteiger partial charge >= 0.3 is 0 Å². The molecule has 1 N–H and O–H groups in total. The molecule has 0 fully saturated rings.